The number of ether oxygens (including phenoxy) is 1. The lowest BCUT2D eigenvalue weighted by Gasteiger charge is -2.58. The Kier molecular flexibility index (Phi) is 2.58. The maximum absolute atomic E-state index is 12.7. The van der Waals surface area contributed by atoms with E-state index in [9.17, 15) is 9.90 Å². The number of hydrogen-bond acceptors (Lipinski definition) is 4. The molecule has 112 valence electrons. The molecule has 5 heteroatoms. The van der Waals surface area contributed by atoms with Gasteiger partial charge in [0.1, 0.15) is 0 Å². The van der Waals surface area contributed by atoms with Gasteiger partial charge in [-0.15, -0.1) is 0 Å². The molecule has 0 radical (unpaired) electrons. The van der Waals surface area contributed by atoms with Crippen LogP contribution in [-0.4, -0.2) is 42.4 Å². The van der Waals surface area contributed by atoms with E-state index in [2.05, 4.69) is 5.32 Å². The van der Waals surface area contributed by atoms with Crippen LogP contribution in [0.4, 0.5) is 0 Å². The zero-order valence-corrected chi connectivity index (χ0v) is 11.9. The highest BCUT2D eigenvalue weighted by Gasteiger charge is 2.65. The number of carbonyl (C=O) groups excluding carboxylic acids is 1. The highest BCUT2D eigenvalue weighted by molar-refractivity contribution is 5.85. The smallest absolute Gasteiger partial charge is 0.226 e. The van der Waals surface area contributed by atoms with Crippen LogP contribution >= 0.6 is 0 Å². The summed E-state index contributed by atoms with van der Waals surface area (Å²) in [5.41, 5.74) is 5.30. The van der Waals surface area contributed by atoms with Gasteiger partial charge >= 0.3 is 0 Å². The number of amides is 1. The molecule has 5 fully saturated rings. The van der Waals surface area contributed by atoms with Crippen molar-refractivity contribution < 1.29 is 14.6 Å². The summed E-state index contributed by atoms with van der Waals surface area (Å²) in [5.74, 6) is 0.810. The van der Waals surface area contributed by atoms with Crippen LogP contribution in [0, 0.1) is 16.7 Å². The summed E-state index contributed by atoms with van der Waals surface area (Å²) in [6, 6.07) is 0.176. The molecule has 5 nitrogen and oxygen atoms in total. The Bertz CT molecular complexity index is 442. The first-order valence-electron chi connectivity index (χ1n) is 7.84. The molecular formula is C15H24N2O3. The molecule has 0 aromatic rings. The van der Waals surface area contributed by atoms with Gasteiger partial charge in [0, 0.05) is 24.6 Å². The van der Waals surface area contributed by atoms with Gasteiger partial charge in [-0.3, -0.25) is 4.79 Å². The first kappa shape index (κ1) is 13.0. The number of aliphatic hydroxyl groups excluding tert-OH is 1. The van der Waals surface area contributed by atoms with Crippen LogP contribution in [0.2, 0.25) is 0 Å². The summed E-state index contributed by atoms with van der Waals surface area (Å²) < 4.78 is 5.75. The minimum atomic E-state index is -0.249. The summed E-state index contributed by atoms with van der Waals surface area (Å²) >= 11 is 0. The molecule has 2 heterocycles. The SMILES string of the molecule is NCC12CC(C(=O)NC3CCC4CC43CO)(CCO1)C2. The van der Waals surface area contributed by atoms with Crippen LogP contribution in [0.15, 0.2) is 0 Å². The molecule has 0 aromatic carbocycles. The van der Waals surface area contributed by atoms with E-state index in [1.54, 1.807) is 0 Å². The number of rotatable bonds is 4. The first-order valence-corrected chi connectivity index (χ1v) is 7.84. The van der Waals surface area contributed by atoms with Crippen LogP contribution in [0.1, 0.15) is 38.5 Å². The van der Waals surface area contributed by atoms with Crippen LogP contribution in [0.25, 0.3) is 0 Å². The van der Waals surface area contributed by atoms with E-state index in [0.29, 0.717) is 19.1 Å². The molecule has 2 saturated heterocycles. The predicted molar refractivity (Wildman–Crippen MR) is 72.8 cm³/mol. The van der Waals surface area contributed by atoms with E-state index in [4.69, 9.17) is 10.5 Å². The van der Waals surface area contributed by atoms with E-state index in [1.807, 2.05) is 0 Å². The van der Waals surface area contributed by atoms with Gasteiger partial charge in [0.05, 0.1) is 17.6 Å². The zero-order valence-electron chi connectivity index (χ0n) is 11.9. The van der Waals surface area contributed by atoms with Crippen LogP contribution in [0.3, 0.4) is 0 Å². The molecule has 3 aliphatic carbocycles. The van der Waals surface area contributed by atoms with Gasteiger partial charge in [0.25, 0.3) is 0 Å². The van der Waals surface area contributed by atoms with Crippen molar-refractivity contribution in [1.29, 1.82) is 0 Å². The lowest BCUT2D eigenvalue weighted by atomic mass is 9.55. The van der Waals surface area contributed by atoms with Crippen LogP contribution in [0.5, 0.6) is 0 Å². The fourth-order valence-electron chi connectivity index (χ4n) is 5.10. The number of fused-ring (bicyclic) bond motifs is 3. The second kappa shape index (κ2) is 3.96. The second-order valence-corrected chi connectivity index (χ2v) is 7.52. The number of nitrogens with one attached hydrogen (secondary N) is 1. The summed E-state index contributed by atoms with van der Waals surface area (Å²) in [6.07, 6.45) is 5.59. The molecule has 5 aliphatic rings. The van der Waals surface area contributed by atoms with E-state index >= 15 is 0 Å². The van der Waals surface area contributed by atoms with Crippen molar-refractivity contribution in [1.82, 2.24) is 5.32 Å². The van der Waals surface area contributed by atoms with Crippen molar-refractivity contribution in [3.63, 3.8) is 0 Å². The molecule has 0 spiro atoms. The van der Waals surface area contributed by atoms with E-state index < -0.39 is 0 Å². The third-order valence-corrected chi connectivity index (χ3v) is 6.54. The largest absolute Gasteiger partial charge is 0.396 e. The molecule has 3 saturated carbocycles. The van der Waals surface area contributed by atoms with E-state index in [-0.39, 0.29) is 35.0 Å². The Morgan fingerprint density at radius 1 is 1.40 bits per heavy atom. The van der Waals surface area contributed by atoms with Gasteiger partial charge < -0.3 is 20.9 Å². The van der Waals surface area contributed by atoms with Gasteiger partial charge in [-0.05, 0) is 44.4 Å². The van der Waals surface area contributed by atoms with Crippen LogP contribution in [-0.2, 0) is 9.53 Å². The quantitative estimate of drug-likeness (QED) is 0.685. The lowest BCUT2D eigenvalue weighted by molar-refractivity contribution is -0.219. The number of hydrogen-bond donors (Lipinski definition) is 3. The Morgan fingerprint density at radius 3 is 2.85 bits per heavy atom. The molecule has 5 rings (SSSR count). The molecule has 0 aromatic heterocycles. The Hall–Kier alpha value is -0.650. The standard InChI is InChI=1S/C15H24N2O3/c16-8-14-6-13(7-14,3-4-20-14)12(19)17-11-2-1-10-5-15(10,11)9-18/h10-11,18H,1-9,16H2,(H,17,19). The fourth-order valence-corrected chi connectivity index (χ4v) is 5.10. The normalized spacial score (nSPS) is 52.1. The first-order chi connectivity index (χ1) is 9.58. The molecule has 20 heavy (non-hydrogen) atoms. The van der Waals surface area contributed by atoms with Gasteiger partial charge in [-0.1, -0.05) is 0 Å². The van der Waals surface area contributed by atoms with Gasteiger partial charge in [0.15, 0.2) is 0 Å². The van der Waals surface area contributed by atoms with Gasteiger partial charge in [0.2, 0.25) is 5.91 Å². The number of aliphatic hydroxyl groups is 1. The maximum Gasteiger partial charge on any atom is 0.226 e. The summed E-state index contributed by atoms with van der Waals surface area (Å²) in [4.78, 5) is 12.7. The minimum Gasteiger partial charge on any atom is -0.396 e. The third-order valence-electron chi connectivity index (χ3n) is 6.54. The molecule has 3 atom stereocenters. The Labute approximate surface area is 119 Å². The molecule has 2 aliphatic heterocycles. The molecule has 2 bridgehead atoms. The number of nitrogens with two attached hydrogens (primary N) is 1. The van der Waals surface area contributed by atoms with Crippen molar-refractivity contribution in [3.8, 4) is 0 Å². The topological polar surface area (TPSA) is 84.6 Å². The molecule has 1 amide bonds. The number of carbonyl (C=O) groups is 1. The average molecular weight is 280 g/mol. The monoisotopic (exact) mass is 280 g/mol. The van der Waals surface area contributed by atoms with Crippen molar-refractivity contribution in [2.24, 2.45) is 22.5 Å². The van der Waals surface area contributed by atoms with E-state index in [1.165, 1.54) is 0 Å². The summed E-state index contributed by atoms with van der Waals surface area (Å²) in [6.45, 7) is 1.36. The zero-order chi connectivity index (χ0) is 14.0. The van der Waals surface area contributed by atoms with Crippen molar-refractivity contribution in [3.05, 3.63) is 0 Å². The van der Waals surface area contributed by atoms with Crippen molar-refractivity contribution in [2.45, 2.75) is 50.2 Å². The third kappa shape index (κ3) is 1.51. The Balaban J connectivity index is 1.44. The van der Waals surface area contributed by atoms with Gasteiger partial charge in [-0.2, -0.15) is 0 Å². The maximum atomic E-state index is 12.7. The highest BCUT2D eigenvalue weighted by Crippen LogP contribution is 2.63. The highest BCUT2D eigenvalue weighted by atomic mass is 16.5. The van der Waals surface area contributed by atoms with Crippen molar-refractivity contribution >= 4 is 5.91 Å². The van der Waals surface area contributed by atoms with Gasteiger partial charge in [-0.25, -0.2) is 0 Å². The second-order valence-electron chi connectivity index (χ2n) is 7.52. The minimum absolute atomic E-state index is 0.00612. The molecule has 4 N–H and O–H groups in total. The molecular weight excluding hydrogens is 256 g/mol. The average Bonchev–Trinajstić information content (AvgIpc) is 3.08. The fraction of sp³-hybridized carbons (Fsp3) is 0.933. The Morgan fingerprint density at radius 2 is 2.20 bits per heavy atom. The van der Waals surface area contributed by atoms with Crippen molar-refractivity contribution in [2.75, 3.05) is 19.8 Å². The summed E-state index contributed by atoms with van der Waals surface area (Å²) in [5, 5.41) is 12.9. The summed E-state index contributed by atoms with van der Waals surface area (Å²) in [7, 11) is 0. The lowest BCUT2D eigenvalue weighted by Crippen LogP contribution is -2.67. The van der Waals surface area contributed by atoms with E-state index in [0.717, 1.165) is 38.5 Å². The van der Waals surface area contributed by atoms with Crippen LogP contribution < -0.4 is 11.1 Å². The predicted octanol–water partition coefficient (Wildman–Crippen LogP) is 0.162. The molecule has 3 unspecified atom stereocenters.